The predicted molar refractivity (Wildman–Crippen MR) is 153 cm³/mol. The van der Waals surface area contributed by atoms with E-state index in [0.29, 0.717) is 45.8 Å². The number of unbranched alkanes of at least 4 members (excludes halogenated alkanes) is 1. The van der Waals surface area contributed by atoms with Crippen LogP contribution >= 0.6 is 9.24 Å². The first-order valence-corrected chi connectivity index (χ1v) is 14.9. The molecule has 3 aliphatic rings. The predicted octanol–water partition coefficient (Wildman–Crippen LogP) is 5.15. The monoisotopic (exact) mass is 557 g/mol. The van der Waals surface area contributed by atoms with Gasteiger partial charge in [0.15, 0.2) is 0 Å². The van der Waals surface area contributed by atoms with Crippen LogP contribution in [0.4, 0.5) is 10.2 Å². The highest BCUT2D eigenvalue weighted by Gasteiger charge is 2.42. The minimum Gasteiger partial charge on any atom is -0.480 e. The van der Waals surface area contributed by atoms with Crippen LogP contribution in [-0.2, 0) is 33.7 Å². The number of carboxylic acids is 1. The average molecular weight is 558 g/mol. The number of pyridine rings is 1. The van der Waals surface area contributed by atoms with Gasteiger partial charge in [-0.05, 0) is 80.7 Å². The zero-order valence-corrected chi connectivity index (χ0v) is 23.8. The molecular formula is C30H41FN3O4P. The molecular weight excluding hydrogens is 516 g/mol. The van der Waals surface area contributed by atoms with Crippen molar-refractivity contribution in [3.8, 4) is 0 Å². The second kappa shape index (κ2) is 13.0. The number of halogens is 1. The summed E-state index contributed by atoms with van der Waals surface area (Å²) in [6.07, 6.45) is 6.65. The molecule has 212 valence electrons. The second-order valence-corrected chi connectivity index (χ2v) is 12.2. The average Bonchev–Trinajstić information content (AvgIpc) is 3.64. The number of aliphatic carboxylic acids is 1. The molecule has 7 nitrogen and oxygen atoms in total. The highest BCUT2D eigenvalue weighted by Crippen LogP contribution is 2.42. The minimum absolute atomic E-state index is 0.0430. The van der Waals surface area contributed by atoms with E-state index < -0.39 is 17.4 Å². The van der Waals surface area contributed by atoms with Gasteiger partial charge in [-0.2, -0.15) is 0 Å². The number of ether oxygens (including phenoxy) is 2. The SMILES string of the molecule is O=C(O)C(c1ccccc1CO[C@H]1CCOC1)N1CCC(C(F)(P)CCCCc2ccc3c(n2)NCCC3)C1. The summed E-state index contributed by atoms with van der Waals surface area (Å²) in [6, 6.07) is 11.0. The van der Waals surface area contributed by atoms with Crippen molar-refractivity contribution in [3.63, 3.8) is 0 Å². The Hall–Kier alpha value is -2.12. The van der Waals surface area contributed by atoms with Crippen molar-refractivity contribution in [3.05, 3.63) is 58.8 Å². The van der Waals surface area contributed by atoms with Gasteiger partial charge >= 0.3 is 5.97 Å². The van der Waals surface area contributed by atoms with Gasteiger partial charge in [-0.15, -0.1) is 0 Å². The third-order valence-corrected chi connectivity index (χ3v) is 9.16. The summed E-state index contributed by atoms with van der Waals surface area (Å²) in [5, 5.41) is 12.2. The molecule has 3 aliphatic heterocycles. The standard InChI is InChI=1S/C30H41FN3O4P/c31-30(39,14-4-3-8-24-11-10-21-7-5-15-32-28(21)33-24)23-12-16-34(18-23)27(29(35)36)26-9-2-1-6-22(26)19-38-25-13-17-37-20-25/h1-2,6,9-11,23,25,27H,3-5,7-8,12-20,39H2,(H,32,33)(H,35,36)/t23?,25-,27?,30?/m0/s1. The Morgan fingerprint density at radius 2 is 2.15 bits per heavy atom. The molecule has 5 rings (SSSR count). The number of carboxylic acid groups (broad SMARTS) is 1. The van der Waals surface area contributed by atoms with E-state index >= 15 is 4.39 Å². The number of rotatable bonds is 12. The van der Waals surface area contributed by atoms with Gasteiger partial charge in [-0.1, -0.05) is 39.6 Å². The molecule has 0 spiro atoms. The topological polar surface area (TPSA) is 83.9 Å². The van der Waals surface area contributed by atoms with Crippen LogP contribution in [0.15, 0.2) is 36.4 Å². The Morgan fingerprint density at radius 1 is 1.28 bits per heavy atom. The molecule has 0 aliphatic carbocycles. The van der Waals surface area contributed by atoms with E-state index in [-0.39, 0.29) is 12.0 Å². The molecule has 5 atom stereocenters. The summed E-state index contributed by atoms with van der Waals surface area (Å²) in [7, 11) is 2.45. The van der Waals surface area contributed by atoms with E-state index in [1.807, 2.05) is 29.2 Å². The number of nitrogens with zero attached hydrogens (tertiary/aromatic N) is 2. The van der Waals surface area contributed by atoms with E-state index in [1.165, 1.54) is 5.56 Å². The third kappa shape index (κ3) is 7.15. The van der Waals surface area contributed by atoms with Gasteiger partial charge < -0.3 is 19.9 Å². The van der Waals surface area contributed by atoms with Crippen LogP contribution < -0.4 is 5.32 Å². The quantitative estimate of drug-likeness (QED) is 0.276. The van der Waals surface area contributed by atoms with Gasteiger partial charge in [0.25, 0.3) is 0 Å². The molecule has 0 amide bonds. The summed E-state index contributed by atoms with van der Waals surface area (Å²) in [6.45, 7) is 3.56. The fraction of sp³-hybridized carbons (Fsp3) is 0.600. The summed E-state index contributed by atoms with van der Waals surface area (Å²) >= 11 is 0. The molecule has 39 heavy (non-hydrogen) atoms. The molecule has 4 unspecified atom stereocenters. The van der Waals surface area contributed by atoms with Crippen molar-refractivity contribution >= 4 is 21.0 Å². The number of fused-ring (bicyclic) bond motifs is 1. The molecule has 2 saturated heterocycles. The lowest BCUT2D eigenvalue weighted by atomic mass is 9.96. The van der Waals surface area contributed by atoms with Crippen LogP contribution in [0.1, 0.15) is 67.0 Å². The van der Waals surface area contributed by atoms with Crippen molar-refractivity contribution in [1.82, 2.24) is 9.88 Å². The number of hydrogen-bond acceptors (Lipinski definition) is 6. The first-order valence-electron chi connectivity index (χ1n) is 14.3. The first-order chi connectivity index (χ1) is 18.9. The Kier molecular flexibility index (Phi) is 9.49. The number of likely N-dealkylation sites (tertiary alicyclic amines) is 1. The maximum atomic E-state index is 15.9. The molecule has 1 aromatic carbocycles. The van der Waals surface area contributed by atoms with Gasteiger partial charge in [0.2, 0.25) is 0 Å². The van der Waals surface area contributed by atoms with Crippen LogP contribution in [0.5, 0.6) is 0 Å². The van der Waals surface area contributed by atoms with Crippen LogP contribution in [0, 0.1) is 5.92 Å². The summed E-state index contributed by atoms with van der Waals surface area (Å²) < 4.78 is 27.3. The van der Waals surface area contributed by atoms with Crippen molar-refractivity contribution < 1.29 is 23.8 Å². The minimum atomic E-state index is -1.42. The second-order valence-electron chi connectivity index (χ2n) is 11.2. The zero-order chi connectivity index (χ0) is 27.2. The highest BCUT2D eigenvalue weighted by molar-refractivity contribution is 7.18. The summed E-state index contributed by atoms with van der Waals surface area (Å²) in [4.78, 5) is 19.2. The van der Waals surface area contributed by atoms with Crippen molar-refractivity contribution in [2.75, 3.05) is 38.2 Å². The van der Waals surface area contributed by atoms with E-state index in [0.717, 1.165) is 67.7 Å². The normalized spacial score (nSPS) is 23.6. The molecule has 2 aromatic rings. The zero-order valence-electron chi connectivity index (χ0n) is 22.6. The van der Waals surface area contributed by atoms with Crippen LogP contribution in [0.2, 0.25) is 0 Å². The number of hydrogen-bond donors (Lipinski definition) is 2. The molecule has 0 bridgehead atoms. The Morgan fingerprint density at radius 3 is 2.97 bits per heavy atom. The van der Waals surface area contributed by atoms with Gasteiger partial charge in [0.1, 0.15) is 17.3 Å². The van der Waals surface area contributed by atoms with E-state index in [4.69, 9.17) is 14.5 Å². The number of benzene rings is 1. The largest absolute Gasteiger partial charge is 0.480 e. The van der Waals surface area contributed by atoms with Gasteiger partial charge in [0.05, 0.1) is 19.3 Å². The van der Waals surface area contributed by atoms with E-state index in [1.54, 1.807) is 0 Å². The lowest BCUT2D eigenvalue weighted by Gasteiger charge is -2.30. The number of anilines is 1. The third-order valence-electron chi connectivity index (χ3n) is 8.40. The Bertz CT molecular complexity index is 1130. The fourth-order valence-corrected chi connectivity index (χ4v) is 6.57. The molecule has 0 saturated carbocycles. The Labute approximate surface area is 233 Å². The molecule has 2 fully saturated rings. The van der Waals surface area contributed by atoms with Gasteiger partial charge in [0, 0.05) is 31.3 Å². The number of alkyl halides is 1. The number of nitrogens with one attached hydrogen (secondary N) is 1. The van der Waals surface area contributed by atoms with Gasteiger partial charge in [-0.3, -0.25) is 9.69 Å². The van der Waals surface area contributed by atoms with Crippen molar-refractivity contribution in [2.24, 2.45) is 5.92 Å². The number of aryl methyl sites for hydroxylation is 2. The van der Waals surface area contributed by atoms with Gasteiger partial charge in [-0.25, -0.2) is 9.37 Å². The van der Waals surface area contributed by atoms with E-state index in [2.05, 4.69) is 26.7 Å². The molecule has 2 N–H and O–H groups in total. The van der Waals surface area contributed by atoms with Crippen molar-refractivity contribution in [1.29, 1.82) is 0 Å². The fourth-order valence-electron chi connectivity index (χ4n) is 6.10. The summed E-state index contributed by atoms with van der Waals surface area (Å²) in [5.74, 6) is -0.133. The lowest BCUT2D eigenvalue weighted by molar-refractivity contribution is -0.143. The van der Waals surface area contributed by atoms with Crippen LogP contribution in [0.3, 0.4) is 0 Å². The molecule has 1 aromatic heterocycles. The molecule has 0 radical (unpaired) electrons. The smallest absolute Gasteiger partial charge is 0.325 e. The summed E-state index contributed by atoms with van der Waals surface area (Å²) in [5.41, 5.74) is 3.92. The maximum Gasteiger partial charge on any atom is 0.325 e. The Balaban J connectivity index is 1.15. The number of aromatic nitrogens is 1. The molecule has 4 heterocycles. The van der Waals surface area contributed by atoms with E-state index in [9.17, 15) is 9.90 Å². The van der Waals surface area contributed by atoms with Crippen LogP contribution in [-0.4, -0.2) is 65.3 Å². The lowest BCUT2D eigenvalue weighted by Crippen LogP contribution is -2.35. The molecule has 9 heteroatoms. The first kappa shape index (κ1) is 28.4. The van der Waals surface area contributed by atoms with Crippen molar-refractivity contribution in [2.45, 2.75) is 75.5 Å². The number of carbonyl (C=O) groups is 1. The highest BCUT2D eigenvalue weighted by atomic mass is 31.0. The maximum absolute atomic E-state index is 15.9. The van der Waals surface area contributed by atoms with Crippen LogP contribution in [0.25, 0.3) is 0 Å².